The number of amides is 1. The first-order valence-corrected chi connectivity index (χ1v) is 9.84. The Morgan fingerprint density at radius 1 is 1.32 bits per heavy atom. The number of para-hydroxylation sites is 1. The van der Waals surface area contributed by atoms with Gasteiger partial charge >= 0.3 is 0 Å². The fourth-order valence-electron chi connectivity index (χ4n) is 3.29. The first kappa shape index (κ1) is 18.0. The Morgan fingerprint density at radius 3 is 2.80 bits per heavy atom. The van der Waals surface area contributed by atoms with Gasteiger partial charge in [-0.1, -0.05) is 43.2 Å². The second kappa shape index (κ2) is 8.04. The Kier molecular flexibility index (Phi) is 5.78. The second-order valence-electron chi connectivity index (χ2n) is 6.78. The Balaban J connectivity index is 1.66. The van der Waals surface area contributed by atoms with Crippen LogP contribution in [0.2, 0.25) is 0 Å². The summed E-state index contributed by atoms with van der Waals surface area (Å²) in [5.41, 5.74) is 0.589. The van der Waals surface area contributed by atoms with Crippen LogP contribution in [0.25, 0.3) is 10.9 Å². The van der Waals surface area contributed by atoms with E-state index < -0.39 is 0 Å². The minimum absolute atomic E-state index is 0.0120. The molecule has 1 unspecified atom stereocenters. The first-order valence-electron chi connectivity index (χ1n) is 8.96. The number of benzene rings is 1. The summed E-state index contributed by atoms with van der Waals surface area (Å²) >= 11 is 1.33. The molecule has 1 fully saturated rings. The molecule has 1 aliphatic carbocycles. The summed E-state index contributed by atoms with van der Waals surface area (Å²) in [6.07, 6.45) is 6.28. The number of nitrogens with one attached hydrogen (secondary N) is 1. The summed E-state index contributed by atoms with van der Waals surface area (Å²) in [6, 6.07) is 7.30. The molecule has 1 aromatic heterocycles. The van der Waals surface area contributed by atoms with Crippen molar-refractivity contribution < 1.29 is 4.79 Å². The average molecular weight is 359 g/mol. The number of carbonyl (C=O) groups is 1. The number of hydrogen-bond acceptors (Lipinski definition) is 4. The normalized spacial score (nSPS) is 16.7. The molecule has 5 nitrogen and oxygen atoms in total. The van der Waals surface area contributed by atoms with E-state index in [1.54, 1.807) is 13.1 Å². The number of aromatic nitrogens is 2. The number of thioether (sulfide) groups is 1. The molecule has 0 aliphatic heterocycles. The van der Waals surface area contributed by atoms with Crippen molar-refractivity contribution in [3.05, 3.63) is 34.6 Å². The van der Waals surface area contributed by atoms with Gasteiger partial charge in [0.2, 0.25) is 5.91 Å². The molecular weight excluding hydrogens is 334 g/mol. The zero-order valence-corrected chi connectivity index (χ0v) is 15.6. The van der Waals surface area contributed by atoms with Crippen molar-refractivity contribution in [2.24, 2.45) is 13.0 Å². The minimum atomic E-state index is -0.289. The molecule has 1 atom stereocenters. The molecule has 2 aromatic rings. The van der Waals surface area contributed by atoms with Crippen LogP contribution in [0.15, 0.2) is 34.2 Å². The SMILES string of the molecule is CC(Sc1nc2ccccc2c(=O)n1C)C(=O)NCC1CCCCC1. The minimum Gasteiger partial charge on any atom is -0.355 e. The van der Waals surface area contributed by atoms with Gasteiger partial charge in [0, 0.05) is 13.6 Å². The Hall–Kier alpha value is -1.82. The zero-order valence-electron chi connectivity index (χ0n) is 14.8. The lowest BCUT2D eigenvalue weighted by Gasteiger charge is -2.22. The quantitative estimate of drug-likeness (QED) is 0.658. The van der Waals surface area contributed by atoms with Crippen LogP contribution in [0.3, 0.4) is 0 Å². The van der Waals surface area contributed by atoms with Crippen LogP contribution >= 0.6 is 11.8 Å². The summed E-state index contributed by atoms with van der Waals surface area (Å²) in [7, 11) is 1.71. The smallest absolute Gasteiger partial charge is 0.261 e. The molecule has 25 heavy (non-hydrogen) atoms. The van der Waals surface area contributed by atoms with E-state index >= 15 is 0 Å². The molecular formula is C19H25N3O2S. The van der Waals surface area contributed by atoms with E-state index in [-0.39, 0.29) is 16.7 Å². The lowest BCUT2D eigenvalue weighted by Crippen LogP contribution is -2.35. The maximum Gasteiger partial charge on any atom is 0.261 e. The number of carbonyl (C=O) groups excluding carboxylic acids is 1. The van der Waals surface area contributed by atoms with Gasteiger partial charge in [-0.05, 0) is 37.8 Å². The molecule has 0 bridgehead atoms. The third kappa shape index (κ3) is 4.24. The third-order valence-corrected chi connectivity index (χ3v) is 6.03. The molecule has 134 valence electrons. The van der Waals surface area contributed by atoms with Gasteiger partial charge in [-0.25, -0.2) is 4.98 Å². The summed E-state index contributed by atoms with van der Waals surface area (Å²) in [4.78, 5) is 29.4. The van der Waals surface area contributed by atoms with Crippen LogP contribution in [0.4, 0.5) is 0 Å². The van der Waals surface area contributed by atoms with Crippen LogP contribution in [-0.2, 0) is 11.8 Å². The van der Waals surface area contributed by atoms with Crippen molar-refractivity contribution in [2.75, 3.05) is 6.54 Å². The largest absolute Gasteiger partial charge is 0.355 e. The highest BCUT2D eigenvalue weighted by molar-refractivity contribution is 8.00. The van der Waals surface area contributed by atoms with E-state index in [2.05, 4.69) is 10.3 Å². The van der Waals surface area contributed by atoms with Gasteiger partial charge in [-0.2, -0.15) is 0 Å². The van der Waals surface area contributed by atoms with Crippen molar-refractivity contribution in [2.45, 2.75) is 49.4 Å². The summed E-state index contributed by atoms with van der Waals surface area (Å²) in [5.74, 6) is 0.621. The number of hydrogen-bond donors (Lipinski definition) is 1. The predicted molar refractivity (Wildman–Crippen MR) is 102 cm³/mol. The third-order valence-electron chi connectivity index (χ3n) is 4.88. The molecule has 1 N–H and O–H groups in total. The van der Waals surface area contributed by atoms with Crippen LogP contribution in [-0.4, -0.2) is 27.3 Å². The highest BCUT2D eigenvalue weighted by atomic mass is 32.2. The standard InChI is InChI=1S/C19H25N3O2S/c1-13(17(23)20-12-14-8-4-3-5-9-14)25-19-21-16-11-7-6-10-15(16)18(24)22(19)2/h6-7,10-11,13-14H,3-5,8-9,12H2,1-2H3,(H,20,23). The van der Waals surface area contributed by atoms with E-state index in [9.17, 15) is 9.59 Å². The van der Waals surface area contributed by atoms with Crippen LogP contribution in [0, 0.1) is 5.92 Å². The molecule has 1 aliphatic rings. The molecule has 3 rings (SSSR count). The number of rotatable bonds is 5. The molecule has 0 saturated heterocycles. The van der Waals surface area contributed by atoms with Gasteiger partial charge in [-0.3, -0.25) is 14.2 Å². The van der Waals surface area contributed by atoms with Gasteiger partial charge in [0.05, 0.1) is 16.2 Å². The molecule has 1 saturated carbocycles. The van der Waals surface area contributed by atoms with E-state index in [0.29, 0.717) is 22.0 Å². The average Bonchev–Trinajstić information content (AvgIpc) is 2.64. The van der Waals surface area contributed by atoms with Crippen LogP contribution in [0.5, 0.6) is 0 Å². The molecule has 1 aromatic carbocycles. The number of fused-ring (bicyclic) bond motifs is 1. The Labute approximate surface area is 152 Å². The van der Waals surface area contributed by atoms with Crippen molar-refractivity contribution >= 4 is 28.6 Å². The van der Waals surface area contributed by atoms with Crippen molar-refractivity contribution in [1.29, 1.82) is 0 Å². The number of nitrogens with zero attached hydrogens (tertiary/aromatic N) is 2. The Morgan fingerprint density at radius 2 is 2.04 bits per heavy atom. The summed E-state index contributed by atoms with van der Waals surface area (Å²) in [6.45, 7) is 2.62. The maximum absolute atomic E-state index is 12.4. The fraction of sp³-hybridized carbons (Fsp3) is 0.526. The van der Waals surface area contributed by atoms with Crippen LogP contribution in [0.1, 0.15) is 39.0 Å². The maximum atomic E-state index is 12.4. The second-order valence-corrected chi connectivity index (χ2v) is 8.09. The molecule has 0 spiro atoms. The highest BCUT2D eigenvalue weighted by Gasteiger charge is 2.20. The van der Waals surface area contributed by atoms with Gasteiger partial charge in [0.1, 0.15) is 0 Å². The lowest BCUT2D eigenvalue weighted by atomic mass is 9.89. The fourth-order valence-corrected chi connectivity index (χ4v) is 4.19. The van der Waals surface area contributed by atoms with Gasteiger partial charge < -0.3 is 5.32 Å². The monoisotopic (exact) mass is 359 g/mol. The Bertz CT molecular complexity index is 812. The van der Waals surface area contributed by atoms with E-state index in [4.69, 9.17) is 0 Å². The highest BCUT2D eigenvalue weighted by Crippen LogP contribution is 2.24. The lowest BCUT2D eigenvalue weighted by molar-refractivity contribution is -0.120. The van der Waals surface area contributed by atoms with E-state index in [1.807, 2.05) is 25.1 Å². The van der Waals surface area contributed by atoms with Gasteiger partial charge in [0.25, 0.3) is 5.56 Å². The van der Waals surface area contributed by atoms with Crippen LogP contribution < -0.4 is 10.9 Å². The first-order chi connectivity index (χ1) is 12.1. The van der Waals surface area contributed by atoms with Crippen molar-refractivity contribution in [3.63, 3.8) is 0 Å². The van der Waals surface area contributed by atoms with Crippen molar-refractivity contribution in [3.8, 4) is 0 Å². The predicted octanol–water partition coefficient (Wildman–Crippen LogP) is 3.11. The zero-order chi connectivity index (χ0) is 17.8. The van der Waals surface area contributed by atoms with Crippen molar-refractivity contribution in [1.82, 2.24) is 14.9 Å². The van der Waals surface area contributed by atoms with E-state index in [1.165, 1.54) is 48.4 Å². The summed E-state index contributed by atoms with van der Waals surface area (Å²) < 4.78 is 1.53. The molecule has 1 heterocycles. The van der Waals surface area contributed by atoms with Gasteiger partial charge in [-0.15, -0.1) is 0 Å². The molecule has 6 heteroatoms. The van der Waals surface area contributed by atoms with E-state index in [0.717, 1.165) is 6.54 Å². The summed E-state index contributed by atoms with van der Waals surface area (Å²) in [5, 5.41) is 3.95. The molecule has 1 amide bonds. The topological polar surface area (TPSA) is 64.0 Å². The molecule has 0 radical (unpaired) electrons. The van der Waals surface area contributed by atoms with Gasteiger partial charge in [0.15, 0.2) is 5.16 Å².